The number of nitrogen functional groups attached to an aromatic ring is 3. The summed E-state index contributed by atoms with van der Waals surface area (Å²) in [6.07, 6.45) is -32.7. The number of anilines is 3. The van der Waals surface area contributed by atoms with Gasteiger partial charge in [0.25, 0.3) is 16.7 Å². The van der Waals surface area contributed by atoms with Gasteiger partial charge in [0, 0.05) is 24.5 Å². The summed E-state index contributed by atoms with van der Waals surface area (Å²) in [4.78, 5) is 145. The second kappa shape index (κ2) is 28.8. The van der Waals surface area contributed by atoms with Gasteiger partial charge in [0.1, 0.15) is 115 Å². The highest BCUT2D eigenvalue weighted by atomic mass is 31.2. The molecule has 0 amide bonds. The molecule has 56 heteroatoms. The highest BCUT2D eigenvalue weighted by Crippen LogP contribution is 2.55. The van der Waals surface area contributed by atoms with E-state index >= 15 is 0 Å². The first-order valence-electron chi connectivity index (χ1n) is 30.0. The average molecular weight is 1550 g/mol. The van der Waals surface area contributed by atoms with Crippen LogP contribution in [0.2, 0.25) is 0 Å². The number of nitrogens with one attached hydrogen (secondary N) is 3. The fourth-order valence-corrected chi connectivity index (χ4v) is 15.7. The smallest absolute Gasteiger partial charge is 0.394 e. The minimum atomic E-state index is -5.90. The van der Waals surface area contributed by atoms with E-state index in [4.69, 9.17) is 77.1 Å². The van der Waals surface area contributed by atoms with Gasteiger partial charge in [-0.1, -0.05) is 0 Å². The van der Waals surface area contributed by atoms with Crippen molar-refractivity contribution in [3.63, 3.8) is 0 Å². The van der Waals surface area contributed by atoms with Crippen molar-refractivity contribution >= 4 is 82.4 Å². The summed E-state index contributed by atoms with van der Waals surface area (Å²) in [7, 11) is -23.0. The number of aliphatic hydroxyl groups is 7. The van der Waals surface area contributed by atoms with Crippen LogP contribution in [0, 0.1) is 0 Å². The minimum absolute atomic E-state index is 0.0486. The van der Waals surface area contributed by atoms with Crippen molar-refractivity contribution in [1.82, 2.24) is 77.7 Å². The number of H-pyrrole nitrogens is 3. The molecule has 5 fully saturated rings. The Labute approximate surface area is 573 Å². The van der Waals surface area contributed by atoms with E-state index in [-0.39, 0.29) is 34.0 Å². The summed E-state index contributed by atoms with van der Waals surface area (Å²) < 4.78 is 132. The van der Waals surface area contributed by atoms with E-state index in [1.165, 1.54) is 4.57 Å². The van der Waals surface area contributed by atoms with E-state index < -0.39 is 232 Å². The van der Waals surface area contributed by atoms with Gasteiger partial charge in [-0.25, -0.2) is 62.7 Å². The maximum absolute atomic E-state index is 14.3. The lowest BCUT2D eigenvalue weighted by molar-refractivity contribution is -0.0651. The molecule has 8 aromatic heterocycles. The lowest BCUT2D eigenvalue weighted by Crippen LogP contribution is -2.39. The van der Waals surface area contributed by atoms with E-state index in [1.54, 1.807) is 0 Å². The van der Waals surface area contributed by atoms with Crippen molar-refractivity contribution < 1.29 is 133 Å². The van der Waals surface area contributed by atoms with Crippen molar-refractivity contribution in [3.8, 4) is 0 Å². The van der Waals surface area contributed by atoms with Crippen LogP contribution in [-0.2, 0) is 78.1 Å². The van der Waals surface area contributed by atoms with Crippen LogP contribution in [0.5, 0.6) is 0 Å². The van der Waals surface area contributed by atoms with Crippen molar-refractivity contribution in [2.45, 2.75) is 123 Å². The van der Waals surface area contributed by atoms with E-state index in [9.17, 15) is 97.6 Å². The molecule has 8 aromatic rings. The zero-order valence-electron chi connectivity index (χ0n) is 52.0. The van der Waals surface area contributed by atoms with Crippen molar-refractivity contribution in [3.05, 3.63) is 108 Å². The number of imidazole rings is 3. The topological polar surface area (TPSA) is 749 Å². The van der Waals surface area contributed by atoms with Gasteiger partial charge in [0.2, 0.25) is 5.95 Å². The minimum Gasteiger partial charge on any atom is -0.394 e. The number of hydrogen-bond acceptors (Lipinski definition) is 40. The molecule has 13 heterocycles. The van der Waals surface area contributed by atoms with Gasteiger partial charge in [-0.3, -0.25) is 88.4 Å². The van der Waals surface area contributed by atoms with Gasteiger partial charge >= 0.3 is 42.7 Å². The Hall–Kier alpha value is -7.83. The zero-order valence-corrected chi connectivity index (χ0v) is 55.6. The van der Waals surface area contributed by atoms with Gasteiger partial charge in [0.05, 0.1) is 52.0 Å². The first-order valence-corrected chi connectivity index (χ1v) is 36.0. The maximum atomic E-state index is 14.3. The van der Waals surface area contributed by atoms with Crippen LogP contribution < -0.4 is 45.3 Å². The monoisotopic (exact) mass is 1550 g/mol. The van der Waals surface area contributed by atoms with Crippen LogP contribution >= 0.6 is 31.3 Å². The second-order valence-corrected chi connectivity index (χ2v) is 28.9. The van der Waals surface area contributed by atoms with Crippen LogP contribution in [0.1, 0.15) is 31.1 Å². The summed E-state index contributed by atoms with van der Waals surface area (Å²) in [6, 6.07) is 1.68. The number of nitrogens with two attached hydrogens (primary N) is 3. The van der Waals surface area contributed by atoms with E-state index in [2.05, 4.69) is 44.9 Å². The molecule has 20 N–H and O–H groups in total. The Kier molecular flexibility index (Phi) is 20.6. The van der Waals surface area contributed by atoms with Gasteiger partial charge in [-0.2, -0.15) is 4.98 Å². The Balaban J connectivity index is 0.730. The molecule has 0 radical (unpaired) electrons. The summed E-state index contributed by atoms with van der Waals surface area (Å²) >= 11 is 0. The summed E-state index contributed by atoms with van der Waals surface area (Å²) in [5.41, 5.74) is 11.8. The van der Waals surface area contributed by atoms with Crippen LogP contribution in [0.25, 0.3) is 33.5 Å². The van der Waals surface area contributed by atoms with Gasteiger partial charge in [-0.05, 0) is 0 Å². The molecular formula is C48H59N19O33P4. The fourth-order valence-electron chi connectivity index (χ4n) is 11.9. The number of phosphoric acid groups is 4. The molecule has 52 nitrogen and oxygen atoms in total. The molecule has 0 aromatic carbocycles. The number of fused-ring (bicyclic) bond motifs is 3. The van der Waals surface area contributed by atoms with Crippen LogP contribution in [0.4, 0.5) is 17.6 Å². The van der Waals surface area contributed by atoms with Gasteiger partial charge < -0.3 is 96.2 Å². The Morgan fingerprint density at radius 3 is 1.15 bits per heavy atom. The molecule has 5 aliphatic heterocycles. The predicted molar refractivity (Wildman–Crippen MR) is 330 cm³/mol. The zero-order chi connectivity index (χ0) is 74.4. The molecular weight excluding hydrogens is 1490 g/mol. The number of hydrogen-bond donors (Lipinski definition) is 17. The van der Waals surface area contributed by atoms with E-state index in [1.807, 2.05) is 9.97 Å². The number of rotatable bonds is 26. The SMILES string of the molecule is Nc1nc2c(ncn2[C@@H]2O[C@H](COP(=O)(O)O[C@H]3[C@@H](O)[C@H](n4cnc5c(N)ncnc54)O[C@@H]3COP(=O)(O)O[C@H]3[C@@H](O)[C@H](n4ccc(=O)[nH]c4=O)O[C@@H]3CO)[C@@H](OP(=O)(O)OC[C@H]3O[C@@H](n4ccc(=O)[nH]c4=O)[C@H](O)[C@@H]3OP(=O)(O)OC[C@H]3O[C@@H](n4cnc5c(N)ncnc54)[C@H](O)[C@@H]3O)[C@H]2O)c(=O)[nH]1. The molecule has 5 saturated heterocycles. The van der Waals surface area contributed by atoms with E-state index in [0.717, 1.165) is 65.3 Å². The molecule has 5 aliphatic rings. The average Bonchev–Trinajstić information content (AvgIpc) is 1.62. The quantitative estimate of drug-likeness (QED) is 0.0224. The van der Waals surface area contributed by atoms with Crippen LogP contribution in [0.15, 0.2) is 80.1 Å². The molecule has 0 bridgehead atoms. The second-order valence-electron chi connectivity index (χ2n) is 23.3. The van der Waals surface area contributed by atoms with Crippen molar-refractivity contribution in [2.24, 2.45) is 0 Å². The van der Waals surface area contributed by atoms with Crippen molar-refractivity contribution in [2.75, 3.05) is 50.2 Å². The third kappa shape index (κ3) is 14.8. The molecule has 24 atom stereocenters. The van der Waals surface area contributed by atoms with Crippen molar-refractivity contribution in [1.29, 1.82) is 0 Å². The third-order valence-corrected chi connectivity index (χ3v) is 20.6. The van der Waals surface area contributed by atoms with Gasteiger partial charge in [-0.15, -0.1) is 0 Å². The lowest BCUT2D eigenvalue weighted by atomic mass is 10.1. The standard InChI is InChI=1S/C48H59N19O33P4/c49-35-22-37(54-10-52-35)65(12-56-22)41-26(72)25(71)16(93-41)6-88-101(80,81)98-32-17(94-43(28(32)74)64-4-2-21(70)60-48(64)79)7-90-103(84,85)100-34-19(96-45(30(34)76)67-14-58-24-39(67)61-46(51)62-40(24)77)9-91-104(86,87)99-33-18(95-44(29(33)75)66-13-57-23-36(50)53-11-55-38(23)66)8-89-102(82,83)97-31-15(5-68)92-42(27(31)73)63-3-1-20(69)59-47(63)78/h1-4,10-19,25-34,41-45,68,71-76H,5-9H2,(H,80,81)(H,82,83)(H,84,85)(H,86,87)(H2,49,52,54)(H2,50,53,55)(H,59,69,78)(H,60,70,79)(H3,51,61,62,77)/t15-,16-,17-,18-,19-,25-,26-,27-,28-,29-,30-,31-,32-,33-,34-,41-,42-,43-,44-,45-/m1/s1. The highest BCUT2D eigenvalue weighted by Gasteiger charge is 2.56. The fraction of sp³-hybridized carbons (Fsp3) is 0.521. The van der Waals surface area contributed by atoms with Crippen LogP contribution in [0.3, 0.4) is 0 Å². The summed E-state index contributed by atoms with van der Waals surface area (Å²) in [6.45, 7) is -6.05. The molecule has 0 aliphatic carbocycles. The first kappa shape index (κ1) is 74.4. The third-order valence-electron chi connectivity index (χ3n) is 16.7. The maximum Gasteiger partial charge on any atom is 0.472 e. The molecule has 564 valence electrons. The number of phosphoric ester groups is 4. The highest BCUT2D eigenvalue weighted by molar-refractivity contribution is 7.48. The van der Waals surface area contributed by atoms with Gasteiger partial charge in [0.15, 0.2) is 65.2 Å². The van der Waals surface area contributed by atoms with Crippen LogP contribution in [-0.4, -0.2) is 258 Å². The first-order chi connectivity index (χ1) is 49.2. The number of ether oxygens (including phenoxy) is 5. The number of aliphatic hydroxyl groups excluding tert-OH is 7. The Morgan fingerprint density at radius 2 is 0.760 bits per heavy atom. The molecule has 0 spiro atoms. The normalized spacial score (nSPS) is 32.5. The number of nitrogens with zero attached hydrogens (tertiary/aromatic N) is 13. The largest absolute Gasteiger partial charge is 0.472 e. The molecule has 0 saturated carbocycles. The summed E-state index contributed by atoms with van der Waals surface area (Å²) in [5, 5.41) is 78.7. The lowest BCUT2D eigenvalue weighted by Gasteiger charge is -2.27. The molecule has 104 heavy (non-hydrogen) atoms. The molecule has 4 unspecified atom stereocenters. The Morgan fingerprint density at radius 1 is 0.423 bits per heavy atom. The molecule has 13 rings (SSSR count). The number of aromatic amines is 3. The summed E-state index contributed by atoms with van der Waals surface area (Å²) in [5.74, 6) is -0.723. The van der Waals surface area contributed by atoms with E-state index in [0.29, 0.717) is 9.13 Å². The number of aromatic nitrogens is 16. The Bertz CT molecular complexity index is 5060. The predicted octanol–water partition coefficient (Wildman–Crippen LogP) is -7.70.